The van der Waals surface area contributed by atoms with Gasteiger partial charge in [-0.25, -0.2) is 4.98 Å². The standard InChI is InChI=1S/C13H13N3O3S/c17-8-10(11-2-1-4-19-11)15-12(18)6-9-7-16-3-5-20-13(16)14-9/h1-5,7,10,17H,6,8H2,(H,15,18). The van der Waals surface area contributed by atoms with Crippen LogP contribution in [0.1, 0.15) is 17.5 Å². The molecule has 3 heterocycles. The number of aliphatic hydroxyl groups is 1. The summed E-state index contributed by atoms with van der Waals surface area (Å²) in [4.78, 5) is 17.2. The number of aliphatic hydroxyl groups excluding tert-OH is 1. The van der Waals surface area contributed by atoms with Gasteiger partial charge in [0, 0.05) is 17.8 Å². The topological polar surface area (TPSA) is 79.8 Å². The van der Waals surface area contributed by atoms with Gasteiger partial charge < -0.3 is 14.8 Å². The summed E-state index contributed by atoms with van der Waals surface area (Å²) >= 11 is 1.52. The van der Waals surface area contributed by atoms with Crippen molar-refractivity contribution in [2.24, 2.45) is 0 Å². The number of imidazole rings is 1. The summed E-state index contributed by atoms with van der Waals surface area (Å²) in [5.41, 5.74) is 0.700. The minimum absolute atomic E-state index is 0.172. The van der Waals surface area contributed by atoms with Crippen LogP contribution in [0.3, 0.4) is 0 Å². The molecule has 0 aliphatic rings. The predicted octanol–water partition coefficient (Wildman–Crippen LogP) is 1.38. The van der Waals surface area contributed by atoms with E-state index in [2.05, 4.69) is 10.3 Å². The number of amides is 1. The molecule has 2 N–H and O–H groups in total. The highest BCUT2D eigenvalue weighted by Gasteiger charge is 2.17. The number of nitrogens with one attached hydrogen (secondary N) is 1. The van der Waals surface area contributed by atoms with Crippen molar-refractivity contribution in [2.45, 2.75) is 12.5 Å². The van der Waals surface area contributed by atoms with E-state index in [-0.39, 0.29) is 18.9 Å². The highest BCUT2D eigenvalue weighted by atomic mass is 32.1. The summed E-state index contributed by atoms with van der Waals surface area (Å²) in [7, 11) is 0. The summed E-state index contributed by atoms with van der Waals surface area (Å²) in [5, 5.41) is 14.0. The molecule has 1 unspecified atom stereocenters. The van der Waals surface area contributed by atoms with Gasteiger partial charge in [0.25, 0.3) is 0 Å². The lowest BCUT2D eigenvalue weighted by Crippen LogP contribution is -2.31. The van der Waals surface area contributed by atoms with Crippen molar-refractivity contribution in [1.29, 1.82) is 0 Å². The Morgan fingerprint density at radius 1 is 1.60 bits per heavy atom. The summed E-state index contributed by atoms with van der Waals surface area (Å²) in [6.45, 7) is -0.211. The number of nitrogens with zero attached hydrogens (tertiary/aromatic N) is 2. The average Bonchev–Trinajstić information content (AvgIpc) is 3.11. The lowest BCUT2D eigenvalue weighted by molar-refractivity contribution is -0.121. The van der Waals surface area contributed by atoms with Crippen LogP contribution < -0.4 is 5.32 Å². The molecule has 6 nitrogen and oxygen atoms in total. The lowest BCUT2D eigenvalue weighted by Gasteiger charge is -2.13. The number of aromatic nitrogens is 2. The molecular weight excluding hydrogens is 278 g/mol. The van der Waals surface area contributed by atoms with Crippen LogP contribution in [0.25, 0.3) is 4.96 Å². The second-order valence-electron chi connectivity index (χ2n) is 4.32. The fraction of sp³-hybridized carbons (Fsp3) is 0.231. The third-order valence-corrected chi connectivity index (χ3v) is 3.66. The van der Waals surface area contributed by atoms with Crippen LogP contribution in [0.2, 0.25) is 0 Å². The van der Waals surface area contributed by atoms with Crippen molar-refractivity contribution in [3.05, 3.63) is 47.6 Å². The molecule has 0 aromatic carbocycles. The van der Waals surface area contributed by atoms with Crippen LogP contribution in [0.5, 0.6) is 0 Å². The SMILES string of the molecule is O=C(Cc1cn2ccsc2n1)NC(CO)c1ccco1. The number of rotatable bonds is 5. The van der Waals surface area contributed by atoms with E-state index in [1.165, 1.54) is 17.6 Å². The molecule has 3 aromatic rings. The maximum absolute atomic E-state index is 12.0. The van der Waals surface area contributed by atoms with Gasteiger partial charge in [-0.3, -0.25) is 9.20 Å². The van der Waals surface area contributed by atoms with Crippen LogP contribution in [-0.4, -0.2) is 27.0 Å². The molecule has 20 heavy (non-hydrogen) atoms. The number of carbonyl (C=O) groups is 1. The van der Waals surface area contributed by atoms with E-state index >= 15 is 0 Å². The molecule has 7 heteroatoms. The number of hydrogen-bond acceptors (Lipinski definition) is 5. The van der Waals surface area contributed by atoms with Crippen LogP contribution in [0.15, 0.2) is 40.6 Å². The number of hydrogen-bond donors (Lipinski definition) is 2. The largest absolute Gasteiger partial charge is 0.467 e. The van der Waals surface area contributed by atoms with E-state index in [0.717, 1.165) is 4.96 Å². The molecule has 3 rings (SSSR count). The molecule has 104 valence electrons. The molecule has 3 aromatic heterocycles. The van der Waals surface area contributed by atoms with Crippen LogP contribution in [0.4, 0.5) is 0 Å². The van der Waals surface area contributed by atoms with Crippen molar-refractivity contribution in [3.8, 4) is 0 Å². The molecular formula is C13H13N3O3S. The third kappa shape index (κ3) is 2.59. The summed E-state index contributed by atoms with van der Waals surface area (Å²) in [6.07, 6.45) is 5.40. The molecule has 0 saturated carbocycles. The number of thiazole rings is 1. The van der Waals surface area contributed by atoms with Crippen LogP contribution >= 0.6 is 11.3 Å². The first kappa shape index (κ1) is 12.9. The quantitative estimate of drug-likeness (QED) is 0.744. The summed E-state index contributed by atoms with van der Waals surface area (Å²) in [5.74, 6) is 0.331. The molecule has 0 fully saturated rings. The van der Waals surface area contributed by atoms with Gasteiger partial charge in [-0.15, -0.1) is 11.3 Å². The molecule has 1 atom stereocenters. The van der Waals surface area contributed by atoms with Gasteiger partial charge in [0.1, 0.15) is 11.8 Å². The normalized spacial score (nSPS) is 12.7. The Bertz CT molecular complexity index is 673. The van der Waals surface area contributed by atoms with Gasteiger partial charge in [-0.1, -0.05) is 0 Å². The molecule has 0 aliphatic carbocycles. The fourth-order valence-corrected chi connectivity index (χ4v) is 2.69. The highest BCUT2D eigenvalue weighted by molar-refractivity contribution is 7.15. The maximum atomic E-state index is 12.0. The summed E-state index contributed by atoms with van der Waals surface area (Å²) < 4.78 is 7.06. The highest BCUT2D eigenvalue weighted by Crippen LogP contribution is 2.14. The lowest BCUT2D eigenvalue weighted by atomic mass is 10.2. The summed E-state index contributed by atoms with van der Waals surface area (Å²) in [6, 6.07) is 2.91. The molecule has 0 aliphatic heterocycles. The van der Waals surface area contributed by atoms with E-state index in [1.54, 1.807) is 12.1 Å². The van der Waals surface area contributed by atoms with Crippen molar-refractivity contribution < 1.29 is 14.3 Å². The zero-order valence-corrected chi connectivity index (χ0v) is 11.3. The van der Waals surface area contributed by atoms with Crippen molar-refractivity contribution in [1.82, 2.24) is 14.7 Å². The van der Waals surface area contributed by atoms with E-state index in [9.17, 15) is 9.90 Å². The van der Waals surface area contributed by atoms with Crippen molar-refractivity contribution in [3.63, 3.8) is 0 Å². The Labute approximate surface area is 118 Å². The molecule has 1 amide bonds. The molecule has 0 spiro atoms. The molecule has 0 saturated heterocycles. The minimum Gasteiger partial charge on any atom is -0.467 e. The second kappa shape index (κ2) is 5.48. The molecule has 0 radical (unpaired) electrons. The van der Waals surface area contributed by atoms with Gasteiger partial charge in [0.15, 0.2) is 4.96 Å². The first-order chi connectivity index (χ1) is 9.76. The Balaban J connectivity index is 1.65. The van der Waals surface area contributed by atoms with Gasteiger partial charge in [0.2, 0.25) is 5.91 Å². The number of furan rings is 1. The first-order valence-corrected chi connectivity index (χ1v) is 6.99. The zero-order valence-electron chi connectivity index (χ0n) is 10.5. The van der Waals surface area contributed by atoms with Crippen molar-refractivity contribution in [2.75, 3.05) is 6.61 Å². The molecule has 0 bridgehead atoms. The maximum Gasteiger partial charge on any atom is 0.226 e. The van der Waals surface area contributed by atoms with E-state index in [0.29, 0.717) is 11.5 Å². The van der Waals surface area contributed by atoms with E-state index in [1.807, 2.05) is 22.2 Å². The number of carbonyl (C=O) groups excluding carboxylic acids is 1. The first-order valence-electron chi connectivity index (χ1n) is 6.11. The monoisotopic (exact) mass is 291 g/mol. The average molecular weight is 291 g/mol. The van der Waals surface area contributed by atoms with Gasteiger partial charge in [0.05, 0.1) is 25.0 Å². The number of fused-ring (bicyclic) bond motifs is 1. The Kier molecular flexibility index (Phi) is 3.53. The van der Waals surface area contributed by atoms with Crippen LogP contribution in [0, 0.1) is 0 Å². The Morgan fingerprint density at radius 2 is 2.50 bits per heavy atom. The van der Waals surface area contributed by atoms with Gasteiger partial charge in [-0.2, -0.15) is 0 Å². The third-order valence-electron chi connectivity index (χ3n) is 2.89. The smallest absolute Gasteiger partial charge is 0.226 e. The Hall–Kier alpha value is -2.12. The minimum atomic E-state index is -0.527. The second-order valence-corrected chi connectivity index (χ2v) is 5.19. The Morgan fingerprint density at radius 3 is 3.20 bits per heavy atom. The predicted molar refractivity (Wildman–Crippen MR) is 73.5 cm³/mol. The van der Waals surface area contributed by atoms with Gasteiger partial charge in [-0.05, 0) is 12.1 Å². The van der Waals surface area contributed by atoms with E-state index < -0.39 is 6.04 Å². The van der Waals surface area contributed by atoms with Gasteiger partial charge >= 0.3 is 0 Å². The van der Waals surface area contributed by atoms with Crippen molar-refractivity contribution >= 4 is 22.2 Å². The van der Waals surface area contributed by atoms with E-state index in [4.69, 9.17) is 4.42 Å². The fourth-order valence-electron chi connectivity index (χ4n) is 1.97. The zero-order chi connectivity index (χ0) is 13.9. The van der Waals surface area contributed by atoms with Crippen LogP contribution in [-0.2, 0) is 11.2 Å².